The highest BCUT2D eigenvalue weighted by molar-refractivity contribution is 9.09. The van der Waals surface area contributed by atoms with Crippen LogP contribution in [0.3, 0.4) is 0 Å². The van der Waals surface area contributed by atoms with E-state index in [9.17, 15) is 0 Å². The van der Waals surface area contributed by atoms with Crippen molar-refractivity contribution in [1.82, 2.24) is 4.90 Å². The van der Waals surface area contributed by atoms with Gasteiger partial charge in [0.05, 0.1) is 5.02 Å². The van der Waals surface area contributed by atoms with Crippen LogP contribution in [0, 0.1) is 5.92 Å². The van der Waals surface area contributed by atoms with E-state index in [0.717, 1.165) is 22.8 Å². The zero-order valence-corrected chi connectivity index (χ0v) is 11.9. The van der Waals surface area contributed by atoms with E-state index in [-0.39, 0.29) is 0 Å². The highest BCUT2D eigenvalue weighted by Gasteiger charge is 2.30. The molecule has 0 bridgehead atoms. The molecule has 15 heavy (non-hydrogen) atoms. The number of hydrogen-bond acceptors (Lipinski definition) is 2. The van der Waals surface area contributed by atoms with E-state index in [1.165, 1.54) is 17.8 Å². The highest BCUT2D eigenvalue weighted by atomic mass is 79.9. The van der Waals surface area contributed by atoms with Gasteiger partial charge in [-0.2, -0.15) is 0 Å². The standard InChI is InChI=1S/C11H15BrClNS/c1-8-2-4-14(10(8)6-12)7-11-9(13)3-5-15-11/h3,5,8,10H,2,4,6-7H2,1H3. The molecule has 2 rings (SSSR count). The third-order valence-electron chi connectivity index (χ3n) is 3.19. The summed E-state index contributed by atoms with van der Waals surface area (Å²) in [4.78, 5) is 3.84. The quantitative estimate of drug-likeness (QED) is 0.763. The fourth-order valence-electron chi connectivity index (χ4n) is 2.16. The summed E-state index contributed by atoms with van der Waals surface area (Å²) in [7, 11) is 0. The van der Waals surface area contributed by atoms with Crippen LogP contribution in [0.4, 0.5) is 0 Å². The summed E-state index contributed by atoms with van der Waals surface area (Å²) in [6, 6.07) is 2.66. The van der Waals surface area contributed by atoms with Crippen molar-refractivity contribution in [2.45, 2.75) is 25.9 Å². The van der Waals surface area contributed by atoms with Gasteiger partial charge in [-0.05, 0) is 30.3 Å². The van der Waals surface area contributed by atoms with Crippen molar-refractivity contribution < 1.29 is 0 Å². The third kappa shape index (κ3) is 2.57. The maximum Gasteiger partial charge on any atom is 0.0558 e. The molecule has 84 valence electrons. The first-order valence-electron chi connectivity index (χ1n) is 5.24. The van der Waals surface area contributed by atoms with E-state index in [4.69, 9.17) is 11.6 Å². The minimum absolute atomic E-state index is 0.670. The summed E-state index contributed by atoms with van der Waals surface area (Å²) in [5.74, 6) is 0.795. The molecular weight excluding hydrogens is 294 g/mol. The molecule has 4 heteroatoms. The van der Waals surface area contributed by atoms with Gasteiger partial charge in [-0.1, -0.05) is 34.5 Å². The molecule has 1 aromatic rings. The van der Waals surface area contributed by atoms with Crippen molar-refractivity contribution in [3.63, 3.8) is 0 Å². The fraction of sp³-hybridized carbons (Fsp3) is 0.636. The molecule has 1 aliphatic rings. The molecule has 0 aromatic carbocycles. The van der Waals surface area contributed by atoms with Crippen LogP contribution < -0.4 is 0 Å². The van der Waals surface area contributed by atoms with Crippen LogP contribution in [0.25, 0.3) is 0 Å². The first-order valence-corrected chi connectivity index (χ1v) is 7.62. The van der Waals surface area contributed by atoms with Crippen molar-refractivity contribution in [2.75, 3.05) is 11.9 Å². The molecule has 2 heterocycles. The molecule has 1 fully saturated rings. The molecule has 1 saturated heterocycles. The van der Waals surface area contributed by atoms with Crippen LogP contribution in [0.15, 0.2) is 11.4 Å². The molecule has 0 radical (unpaired) electrons. The molecular formula is C11H15BrClNS. The van der Waals surface area contributed by atoms with Gasteiger partial charge in [0, 0.05) is 22.8 Å². The lowest BCUT2D eigenvalue weighted by Gasteiger charge is -2.24. The van der Waals surface area contributed by atoms with Crippen LogP contribution >= 0.6 is 38.9 Å². The summed E-state index contributed by atoms with van der Waals surface area (Å²) >= 11 is 11.5. The summed E-state index contributed by atoms with van der Waals surface area (Å²) in [6.07, 6.45) is 1.30. The SMILES string of the molecule is CC1CCN(Cc2sccc2Cl)C1CBr. The molecule has 1 nitrogen and oxygen atoms in total. The van der Waals surface area contributed by atoms with Crippen molar-refractivity contribution in [3.8, 4) is 0 Å². The Balaban J connectivity index is 2.03. The minimum Gasteiger partial charge on any atom is -0.294 e. The molecule has 0 spiro atoms. The van der Waals surface area contributed by atoms with Crippen molar-refractivity contribution >= 4 is 38.9 Å². The lowest BCUT2D eigenvalue weighted by Crippen LogP contribution is -2.32. The molecule has 2 atom stereocenters. The maximum absolute atomic E-state index is 6.12. The average Bonchev–Trinajstić information content (AvgIpc) is 2.76. The Morgan fingerprint density at radius 2 is 2.47 bits per heavy atom. The number of alkyl halides is 1. The molecule has 0 saturated carbocycles. The van der Waals surface area contributed by atoms with Gasteiger partial charge in [-0.3, -0.25) is 4.90 Å². The van der Waals surface area contributed by atoms with Gasteiger partial charge in [-0.15, -0.1) is 11.3 Å². The Labute approximate surface area is 109 Å². The van der Waals surface area contributed by atoms with Gasteiger partial charge in [0.2, 0.25) is 0 Å². The zero-order chi connectivity index (χ0) is 10.8. The first kappa shape index (κ1) is 11.9. The topological polar surface area (TPSA) is 3.24 Å². The zero-order valence-electron chi connectivity index (χ0n) is 8.75. The number of nitrogens with zero attached hydrogens (tertiary/aromatic N) is 1. The summed E-state index contributed by atoms with van der Waals surface area (Å²) in [6.45, 7) is 4.55. The Morgan fingerprint density at radius 1 is 1.67 bits per heavy atom. The van der Waals surface area contributed by atoms with Gasteiger partial charge < -0.3 is 0 Å². The second-order valence-electron chi connectivity index (χ2n) is 4.15. The van der Waals surface area contributed by atoms with E-state index < -0.39 is 0 Å². The van der Waals surface area contributed by atoms with Gasteiger partial charge in [0.15, 0.2) is 0 Å². The van der Waals surface area contributed by atoms with Crippen LogP contribution in [0.1, 0.15) is 18.2 Å². The minimum atomic E-state index is 0.670. The molecule has 1 aliphatic heterocycles. The van der Waals surface area contributed by atoms with Crippen LogP contribution in [0.5, 0.6) is 0 Å². The molecule has 0 N–H and O–H groups in total. The predicted octanol–water partition coefficient (Wildman–Crippen LogP) is 4.01. The average molecular weight is 309 g/mol. The number of halogens is 2. The number of likely N-dealkylation sites (tertiary alicyclic amines) is 1. The molecule has 0 aliphatic carbocycles. The van der Waals surface area contributed by atoms with E-state index in [0.29, 0.717) is 6.04 Å². The van der Waals surface area contributed by atoms with Crippen molar-refractivity contribution in [3.05, 3.63) is 21.3 Å². The smallest absolute Gasteiger partial charge is 0.0558 e. The summed E-state index contributed by atoms with van der Waals surface area (Å²) in [5.41, 5.74) is 0. The monoisotopic (exact) mass is 307 g/mol. The first-order chi connectivity index (χ1) is 7.22. The highest BCUT2D eigenvalue weighted by Crippen LogP contribution is 2.30. The summed E-state index contributed by atoms with van der Waals surface area (Å²) < 4.78 is 0. The predicted molar refractivity (Wildman–Crippen MR) is 71.1 cm³/mol. The van der Waals surface area contributed by atoms with E-state index in [1.807, 2.05) is 6.07 Å². The third-order valence-corrected chi connectivity index (χ3v) is 5.23. The van der Waals surface area contributed by atoms with Crippen molar-refractivity contribution in [1.29, 1.82) is 0 Å². The fourth-order valence-corrected chi connectivity index (χ4v) is 4.32. The van der Waals surface area contributed by atoms with Gasteiger partial charge in [0.25, 0.3) is 0 Å². The number of hydrogen-bond donors (Lipinski definition) is 0. The Bertz CT molecular complexity index is 328. The lowest BCUT2D eigenvalue weighted by atomic mass is 10.1. The molecule has 0 amide bonds. The van der Waals surface area contributed by atoms with Crippen LogP contribution in [0.2, 0.25) is 5.02 Å². The molecule has 2 unspecified atom stereocenters. The van der Waals surface area contributed by atoms with Gasteiger partial charge in [-0.25, -0.2) is 0 Å². The molecule has 1 aromatic heterocycles. The number of thiophene rings is 1. The second-order valence-corrected chi connectivity index (χ2v) is 6.21. The maximum atomic E-state index is 6.12. The van der Waals surface area contributed by atoms with Gasteiger partial charge >= 0.3 is 0 Å². The summed E-state index contributed by atoms with van der Waals surface area (Å²) in [5, 5.41) is 4.06. The van der Waals surface area contributed by atoms with Crippen LogP contribution in [-0.2, 0) is 6.54 Å². The largest absolute Gasteiger partial charge is 0.294 e. The Morgan fingerprint density at radius 3 is 3.07 bits per heavy atom. The van der Waals surface area contributed by atoms with Crippen molar-refractivity contribution in [2.24, 2.45) is 5.92 Å². The Kier molecular flexibility index (Phi) is 4.10. The lowest BCUT2D eigenvalue weighted by molar-refractivity contribution is 0.246. The van der Waals surface area contributed by atoms with Crippen LogP contribution in [-0.4, -0.2) is 22.8 Å². The second kappa shape index (κ2) is 5.17. The number of rotatable bonds is 3. The van der Waals surface area contributed by atoms with Gasteiger partial charge in [0.1, 0.15) is 0 Å². The van der Waals surface area contributed by atoms with E-state index in [1.54, 1.807) is 11.3 Å². The normalized spacial score (nSPS) is 27.4. The Hall–Kier alpha value is 0.430. The van der Waals surface area contributed by atoms with E-state index in [2.05, 4.69) is 33.1 Å². The van der Waals surface area contributed by atoms with E-state index >= 15 is 0 Å².